The zero-order valence-corrected chi connectivity index (χ0v) is 21.0. The monoisotopic (exact) mass is 580 g/mol. The minimum absolute atomic E-state index is 0.170. The molecule has 0 aliphatic heterocycles. The molecule has 0 unspecified atom stereocenters. The van der Waals surface area contributed by atoms with Crippen molar-refractivity contribution in [1.82, 2.24) is 0 Å². The third kappa shape index (κ3) is 2.57. The molecule has 0 N–H and O–H groups in total. The van der Waals surface area contributed by atoms with Crippen LogP contribution in [0.5, 0.6) is 0 Å². The largest absolute Gasteiger partial charge is 0.0823 e. The third-order valence-corrected chi connectivity index (χ3v) is 9.65. The Kier molecular flexibility index (Phi) is 5.19. The fraction of sp³-hybridized carbons (Fsp3) is 0.0526. The average Bonchev–Trinajstić information content (AvgIpc) is 2.69. The van der Waals surface area contributed by atoms with E-state index in [9.17, 15) is 0 Å². The van der Waals surface area contributed by atoms with Gasteiger partial charge in [-0.15, -0.1) is 0 Å². The second-order valence-corrected chi connectivity index (χ2v) is 10.3. The molecular formula is C19H2Cl10. The lowest BCUT2D eigenvalue weighted by atomic mass is 9.84. The highest BCUT2D eigenvalue weighted by atomic mass is 35.5. The first-order valence-corrected chi connectivity index (χ1v) is 11.6. The lowest BCUT2D eigenvalue weighted by Crippen LogP contribution is -2.04. The minimum atomic E-state index is 0.170. The Bertz CT molecular complexity index is 1360. The highest BCUT2D eigenvalue weighted by molar-refractivity contribution is 6.62. The van der Waals surface area contributed by atoms with Gasteiger partial charge in [-0.2, -0.15) is 0 Å². The molecule has 5 rings (SSSR count). The van der Waals surface area contributed by atoms with Crippen molar-refractivity contribution < 1.29 is 0 Å². The molecule has 10 heteroatoms. The first-order chi connectivity index (χ1) is 13.6. The molecule has 0 saturated carbocycles. The molecule has 1 aliphatic rings. The van der Waals surface area contributed by atoms with Gasteiger partial charge >= 0.3 is 0 Å². The van der Waals surface area contributed by atoms with Crippen LogP contribution in [0.1, 0.15) is 11.1 Å². The molecule has 0 atom stereocenters. The molecule has 29 heavy (non-hydrogen) atoms. The van der Waals surface area contributed by atoms with Crippen LogP contribution < -0.4 is 0 Å². The van der Waals surface area contributed by atoms with Gasteiger partial charge in [-0.3, -0.25) is 0 Å². The van der Waals surface area contributed by atoms with Gasteiger partial charge in [0.25, 0.3) is 0 Å². The van der Waals surface area contributed by atoms with Gasteiger partial charge in [0.15, 0.2) is 0 Å². The van der Waals surface area contributed by atoms with Crippen molar-refractivity contribution in [3.05, 3.63) is 61.4 Å². The van der Waals surface area contributed by atoms with Gasteiger partial charge in [0.1, 0.15) is 0 Å². The molecule has 0 fully saturated rings. The Morgan fingerprint density at radius 3 is 0.897 bits per heavy atom. The SMILES string of the molecule is Clc1c(Cl)c2c3c(c1Cl)c(Cl)c(Cl)c1c(Cl)c(Cl)c4c(Cl)c(Cl)c(Cl)c(c4c13)C2. The summed E-state index contributed by atoms with van der Waals surface area (Å²) in [6.45, 7) is 0. The zero-order chi connectivity index (χ0) is 21.1. The van der Waals surface area contributed by atoms with E-state index in [0.29, 0.717) is 49.9 Å². The van der Waals surface area contributed by atoms with E-state index in [4.69, 9.17) is 116 Å². The van der Waals surface area contributed by atoms with Crippen LogP contribution in [0.2, 0.25) is 50.2 Å². The molecule has 0 radical (unpaired) electrons. The van der Waals surface area contributed by atoms with Crippen molar-refractivity contribution >= 4 is 148 Å². The first kappa shape index (κ1) is 21.4. The normalized spacial score (nSPS) is 13.0. The second kappa shape index (κ2) is 7.03. The van der Waals surface area contributed by atoms with Gasteiger partial charge < -0.3 is 0 Å². The summed E-state index contributed by atoms with van der Waals surface area (Å²) < 4.78 is 0. The number of hydrogen-bond acceptors (Lipinski definition) is 0. The van der Waals surface area contributed by atoms with Gasteiger partial charge in [0.05, 0.1) is 50.2 Å². The molecule has 0 aromatic heterocycles. The Hall–Kier alpha value is 0.560. The quantitative estimate of drug-likeness (QED) is 0.125. The second-order valence-electron chi connectivity index (χ2n) is 6.52. The predicted octanol–water partition coefficient (Wildman–Crippen LogP) is 11.6. The van der Waals surface area contributed by atoms with Crippen LogP contribution in [-0.4, -0.2) is 0 Å². The van der Waals surface area contributed by atoms with E-state index in [2.05, 4.69) is 0 Å². The van der Waals surface area contributed by atoms with Gasteiger partial charge in [-0.05, 0) is 21.9 Å². The molecule has 0 saturated heterocycles. The number of benzene rings is 4. The molecule has 0 spiro atoms. The number of rotatable bonds is 0. The van der Waals surface area contributed by atoms with Crippen molar-refractivity contribution in [3.8, 4) is 0 Å². The summed E-state index contributed by atoms with van der Waals surface area (Å²) in [6.07, 6.45) is 0.316. The molecule has 0 bridgehead atoms. The van der Waals surface area contributed by atoms with E-state index in [1.54, 1.807) is 0 Å². The molecule has 4 aromatic carbocycles. The van der Waals surface area contributed by atoms with Crippen LogP contribution >= 0.6 is 116 Å². The highest BCUT2D eigenvalue weighted by Crippen LogP contribution is 2.58. The zero-order valence-electron chi connectivity index (χ0n) is 13.5. The average molecular weight is 585 g/mol. The summed E-state index contributed by atoms with van der Waals surface area (Å²) >= 11 is 65.4. The van der Waals surface area contributed by atoms with Crippen LogP contribution in [0.4, 0.5) is 0 Å². The van der Waals surface area contributed by atoms with Gasteiger partial charge in [0.2, 0.25) is 0 Å². The van der Waals surface area contributed by atoms with E-state index in [0.717, 1.165) is 0 Å². The van der Waals surface area contributed by atoms with Gasteiger partial charge in [0, 0.05) is 28.0 Å². The molecule has 0 nitrogen and oxygen atoms in total. The van der Waals surface area contributed by atoms with Crippen molar-refractivity contribution in [1.29, 1.82) is 0 Å². The summed E-state index contributed by atoms with van der Waals surface area (Å²) in [7, 11) is 0. The molecular weight excluding hydrogens is 583 g/mol. The fourth-order valence-corrected chi connectivity index (χ4v) is 6.89. The standard InChI is InChI=1S/C19H2Cl10/c20-10-2-1-3-5-6-4(2)7(16(26)18(10)28)12(22)14(24)9(6)15(25)13(23)8(5)17(27)19(29)11(3)21/h1H2. The molecule has 0 amide bonds. The van der Waals surface area contributed by atoms with Crippen LogP contribution in [0.25, 0.3) is 32.3 Å². The van der Waals surface area contributed by atoms with Crippen molar-refractivity contribution in [2.45, 2.75) is 6.42 Å². The summed E-state index contributed by atoms with van der Waals surface area (Å²) in [5, 5.41) is 5.48. The van der Waals surface area contributed by atoms with Crippen molar-refractivity contribution in [2.75, 3.05) is 0 Å². The third-order valence-electron chi connectivity index (χ3n) is 5.21. The Morgan fingerprint density at radius 1 is 0.276 bits per heavy atom. The topological polar surface area (TPSA) is 0 Å². The van der Waals surface area contributed by atoms with E-state index in [-0.39, 0.29) is 50.2 Å². The maximum absolute atomic E-state index is 6.63. The van der Waals surface area contributed by atoms with Crippen LogP contribution in [-0.2, 0) is 6.42 Å². The van der Waals surface area contributed by atoms with Gasteiger partial charge in [-0.1, -0.05) is 116 Å². The highest BCUT2D eigenvalue weighted by Gasteiger charge is 2.32. The predicted molar refractivity (Wildman–Crippen MR) is 132 cm³/mol. The minimum Gasteiger partial charge on any atom is -0.0823 e. The summed E-state index contributed by atoms with van der Waals surface area (Å²) in [6, 6.07) is 0. The van der Waals surface area contributed by atoms with Crippen LogP contribution in [0, 0.1) is 0 Å². The summed E-state index contributed by atoms with van der Waals surface area (Å²) in [4.78, 5) is 0. The smallest absolute Gasteiger partial charge is 0.0788 e. The Balaban J connectivity index is 2.33. The van der Waals surface area contributed by atoms with Crippen molar-refractivity contribution in [3.63, 3.8) is 0 Å². The first-order valence-electron chi connectivity index (χ1n) is 7.85. The van der Waals surface area contributed by atoms with Crippen LogP contribution in [0.15, 0.2) is 0 Å². The lowest BCUT2D eigenvalue weighted by molar-refractivity contribution is 1.23. The summed E-state index contributed by atoms with van der Waals surface area (Å²) in [5.74, 6) is 0. The molecule has 0 heterocycles. The van der Waals surface area contributed by atoms with E-state index >= 15 is 0 Å². The van der Waals surface area contributed by atoms with E-state index in [1.165, 1.54) is 0 Å². The number of hydrogen-bond donors (Lipinski definition) is 0. The Morgan fingerprint density at radius 2 is 0.552 bits per heavy atom. The Labute approximate surface area is 214 Å². The molecule has 4 aromatic rings. The number of halogens is 10. The van der Waals surface area contributed by atoms with E-state index < -0.39 is 0 Å². The van der Waals surface area contributed by atoms with E-state index in [1.807, 2.05) is 0 Å². The molecule has 1 aliphatic carbocycles. The maximum Gasteiger partial charge on any atom is 0.0788 e. The van der Waals surface area contributed by atoms with Crippen molar-refractivity contribution in [2.24, 2.45) is 0 Å². The summed E-state index contributed by atoms with van der Waals surface area (Å²) in [5.41, 5.74) is 1.37. The molecule has 148 valence electrons. The van der Waals surface area contributed by atoms with Crippen LogP contribution in [0.3, 0.4) is 0 Å². The fourth-order valence-electron chi connectivity index (χ4n) is 4.02. The maximum atomic E-state index is 6.63. The lowest BCUT2D eigenvalue weighted by Gasteiger charge is -2.26. The van der Waals surface area contributed by atoms with Gasteiger partial charge in [-0.25, -0.2) is 0 Å².